The molecule has 0 saturated heterocycles. The summed E-state index contributed by atoms with van der Waals surface area (Å²) in [5.74, 6) is 0. The summed E-state index contributed by atoms with van der Waals surface area (Å²) in [5.41, 5.74) is 3.28. The smallest absolute Gasteiger partial charge is 0.183 e. The van der Waals surface area contributed by atoms with Gasteiger partial charge < -0.3 is 5.32 Å². The minimum Gasteiger partial charge on any atom is -0.380 e. The Morgan fingerprint density at radius 2 is 2.24 bits per heavy atom. The zero-order valence-corrected chi connectivity index (χ0v) is 11.1. The molecule has 0 spiro atoms. The summed E-state index contributed by atoms with van der Waals surface area (Å²) in [7, 11) is 0. The van der Waals surface area contributed by atoms with E-state index in [2.05, 4.69) is 22.9 Å². The first-order chi connectivity index (χ1) is 8.16. The molecule has 0 saturated carbocycles. The van der Waals surface area contributed by atoms with Crippen molar-refractivity contribution in [1.29, 1.82) is 0 Å². The van der Waals surface area contributed by atoms with Gasteiger partial charge in [-0.3, -0.25) is 0 Å². The molecule has 0 atom stereocenters. The molecule has 2 aromatic rings. The first-order valence-electron chi connectivity index (χ1n) is 5.26. The predicted molar refractivity (Wildman–Crippen MR) is 75.6 cm³/mol. The number of hydrogen-bond acceptors (Lipinski definition) is 3. The summed E-state index contributed by atoms with van der Waals surface area (Å²) < 4.78 is 0.579. The number of anilines is 1. The number of halogens is 1. The summed E-state index contributed by atoms with van der Waals surface area (Å²) in [6, 6.07) is 8.13. The lowest BCUT2D eigenvalue weighted by Gasteiger charge is -2.10. The summed E-state index contributed by atoms with van der Waals surface area (Å²) in [5, 5.41) is 3.38. The molecule has 0 unspecified atom stereocenters. The number of rotatable bonds is 4. The monoisotopic (exact) mass is 264 g/mol. The normalized spacial score (nSPS) is 10.2. The van der Waals surface area contributed by atoms with E-state index in [-0.39, 0.29) is 0 Å². The second kappa shape index (κ2) is 5.34. The lowest BCUT2D eigenvalue weighted by molar-refractivity contribution is 1.17. The van der Waals surface area contributed by atoms with Crippen LogP contribution in [0, 0.1) is 0 Å². The Balaban J connectivity index is 2.11. The third-order valence-corrected chi connectivity index (χ3v) is 3.48. The molecule has 0 radical (unpaired) electrons. The van der Waals surface area contributed by atoms with Crippen LogP contribution < -0.4 is 5.32 Å². The summed E-state index contributed by atoms with van der Waals surface area (Å²) in [4.78, 5) is 5.13. The number of hydrogen-bond donors (Lipinski definition) is 1. The summed E-state index contributed by atoms with van der Waals surface area (Å²) in [6.07, 6.45) is 1.80. The molecule has 0 aliphatic rings. The number of para-hydroxylation sites is 1. The fourth-order valence-corrected chi connectivity index (χ4v) is 2.47. The minimum atomic E-state index is 0.579. The van der Waals surface area contributed by atoms with Gasteiger partial charge in [0.1, 0.15) is 0 Å². The van der Waals surface area contributed by atoms with E-state index in [1.165, 1.54) is 11.3 Å². The molecule has 1 N–H and O–H groups in total. The molecule has 1 heterocycles. The Hall–Kier alpha value is -1.32. The third-order valence-electron chi connectivity index (χ3n) is 2.37. The van der Waals surface area contributed by atoms with E-state index >= 15 is 0 Å². The van der Waals surface area contributed by atoms with Crippen LogP contribution in [0.2, 0.25) is 4.47 Å². The number of aromatic nitrogens is 1. The van der Waals surface area contributed by atoms with Crippen molar-refractivity contribution < 1.29 is 0 Å². The van der Waals surface area contributed by atoms with Gasteiger partial charge in [0.2, 0.25) is 0 Å². The van der Waals surface area contributed by atoms with Crippen molar-refractivity contribution in [3.8, 4) is 0 Å². The van der Waals surface area contributed by atoms with Gasteiger partial charge in [0.05, 0.1) is 6.54 Å². The molecule has 4 heteroatoms. The van der Waals surface area contributed by atoms with Crippen molar-refractivity contribution in [2.24, 2.45) is 0 Å². The summed E-state index contributed by atoms with van der Waals surface area (Å²) >= 11 is 7.28. The molecular weight excluding hydrogens is 252 g/mol. The fraction of sp³-hybridized carbons (Fsp3) is 0.154. The van der Waals surface area contributed by atoms with Gasteiger partial charge in [-0.2, -0.15) is 0 Å². The number of nitrogens with one attached hydrogen (secondary N) is 1. The topological polar surface area (TPSA) is 24.9 Å². The Bertz CT molecular complexity index is 534. The number of allylic oxidation sites excluding steroid dienone is 1. The maximum atomic E-state index is 5.79. The lowest BCUT2D eigenvalue weighted by atomic mass is 10.1. The van der Waals surface area contributed by atoms with Crippen molar-refractivity contribution in [3.05, 3.63) is 51.9 Å². The van der Waals surface area contributed by atoms with Gasteiger partial charge in [-0.05, 0) is 24.1 Å². The van der Waals surface area contributed by atoms with Gasteiger partial charge in [0.25, 0.3) is 0 Å². The van der Waals surface area contributed by atoms with Gasteiger partial charge in [0, 0.05) is 16.8 Å². The molecule has 17 heavy (non-hydrogen) atoms. The predicted octanol–water partition coefficient (Wildman–Crippen LogP) is 4.44. The SMILES string of the molecule is C=C(C)c1ccccc1NCc1cnc(Cl)s1. The van der Waals surface area contributed by atoms with Crippen LogP contribution in [0.15, 0.2) is 37.0 Å². The van der Waals surface area contributed by atoms with Crippen molar-refractivity contribution >= 4 is 34.2 Å². The van der Waals surface area contributed by atoms with E-state index in [0.717, 1.165) is 28.2 Å². The standard InChI is InChI=1S/C13H13ClN2S/c1-9(2)11-5-3-4-6-12(11)15-7-10-8-16-13(14)17-10/h3-6,8,15H,1,7H2,2H3. The van der Waals surface area contributed by atoms with Crippen LogP contribution in [0.4, 0.5) is 5.69 Å². The highest BCUT2D eigenvalue weighted by molar-refractivity contribution is 7.15. The van der Waals surface area contributed by atoms with E-state index in [9.17, 15) is 0 Å². The van der Waals surface area contributed by atoms with Crippen LogP contribution >= 0.6 is 22.9 Å². The van der Waals surface area contributed by atoms with Crippen LogP contribution in [-0.4, -0.2) is 4.98 Å². The van der Waals surface area contributed by atoms with Crippen molar-refractivity contribution in [2.75, 3.05) is 5.32 Å². The van der Waals surface area contributed by atoms with Crippen molar-refractivity contribution in [3.63, 3.8) is 0 Å². The first-order valence-corrected chi connectivity index (χ1v) is 6.45. The van der Waals surface area contributed by atoms with Crippen LogP contribution in [0.25, 0.3) is 5.57 Å². The second-order valence-electron chi connectivity index (χ2n) is 3.76. The van der Waals surface area contributed by atoms with Crippen molar-refractivity contribution in [2.45, 2.75) is 13.5 Å². The number of thiazole rings is 1. The van der Waals surface area contributed by atoms with E-state index in [4.69, 9.17) is 11.6 Å². The van der Waals surface area contributed by atoms with E-state index < -0.39 is 0 Å². The maximum Gasteiger partial charge on any atom is 0.183 e. The van der Waals surface area contributed by atoms with Gasteiger partial charge in [0.15, 0.2) is 4.47 Å². The van der Waals surface area contributed by atoms with Gasteiger partial charge in [-0.25, -0.2) is 4.98 Å². The van der Waals surface area contributed by atoms with E-state index in [1.807, 2.05) is 25.1 Å². The highest BCUT2D eigenvalue weighted by Gasteiger charge is 2.03. The average molecular weight is 265 g/mol. The molecule has 1 aromatic carbocycles. The summed E-state index contributed by atoms with van der Waals surface area (Å²) in [6.45, 7) is 6.71. The zero-order valence-electron chi connectivity index (χ0n) is 9.53. The molecule has 2 rings (SSSR count). The molecule has 0 fully saturated rings. The van der Waals surface area contributed by atoms with E-state index in [1.54, 1.807) is 6.20 Å². The minimum absolute atomic E-state index is 0.579. The van der Waals surface area contributed by atoms with Crippen LogP contribution in [-0.2, 0) is 6.54 Å². The number of nitrogens with zero attached hydrogens (tertiary/aromatic N) is 1. The van der Waals surface area contributed by atoms with Crippen LogP contribution in [0.5, 0.6) is 0 Å². The maximum absolute atomic E-state index is 5.79. The first kappa shape index (κ1) is 12.1. The van der Waals surface area contributed by atoms with Gasteiger partial charge >= 0.3 is 0 Å². The molecule has 2 nitrogen and oxygen atoms in total. The van der Waals surface area contributed by atoms with Crippen LogP contribution in [0.3, 0.4) is 0 Å². The quantitative estimate of drug-likeness (QED) is 0.883. The molecular formula is C13H13ClN2S. The molecule has 1 aromatic heterocycles. The Morgan fingerprint density at radius 3 is 2.88 bits per heavy atom. The zero-order chi connectivity index (χ0) is 12.3. The Labute approximate surface area is 110 Å². The highest BCUT2D eigenvalue weighted by atomic mass is 35.5. The van der Waals surface area contributed by atoms with Crippen molar-refractivity contribution in [1.82, 2.24) is 4.98 Å². The average Bonchev–Trinajstić information content (AvgIpc) is 2.73. The lowest BCUT2D eigenvalue weighted by Crippen LogP contribution is -1.99. The highest BCUT2D eigenvalue weighted by Crippen LogP contribution is 2.24. The Morgan fingerprint density at radius 1 is 1.47 bits per heavy atom. The van der Waals surface area contributed by atoms with Crippen LogP contribution in [0.1, 0.15) is 17.4 Å². The molecule has 0 amide bonds. The third kappa shape index (κ3) is 3.08. The molecule has 0 aliphatic heterocycles. The number of benzene rings is 1. The Kier molecular flexibility index (Phi) is 3.82. The molecule has 0 bridgehead atoms. The second-order valence-corrected chi connectivity index (χ2v) is 5.46. The van der Waals surface area contributed by atoms with Gasteiger partial charge in [-0.15, -0.1) is 11.3 Å². The largest absolute Gasteiger partial charge is 0.380 e. The van der Waals surface area contributed by atoms with E-state index in [0.29, 0.717) is 4.47 Å². The fourth-order valence-electron chi connectivity index (χ4n) is 1.56. The molecule has 88 valence electrons. The molecule has 0 aliphatic carbocycles. The van der Waals surface area contributed by atoms with Gasteiger partial charge in [-0.1, -0.05) is 36.4 Å².